The fraction of sp³-hybridized carbons (Fsp3) is 0.200. The molecule has 0 aromatic carbocycles. The molecule has 11 heteroatoms. The Labute approximate surface area is 145 Å². The highest BCUT2D eigenvalue weighted by molar-refractivity contribution is 5.94. The number of hydrogen-bond donors (Lipinski definition) is 1. The van der Waals surface area contributed by atoms with E-state index in [2.05, 4.69) is 30.4 Å². The summed E-state index contributed by atoms with van der Waals surface area (Å²) in [5, 5.41) is 6.56. The number of halogens is 3. The highest BCUT2D eigenvalue weighted by atomic mass is 19.4. The summed E-state index contributed by atoms with van der Waals surface area (Å²) in [4.78, 5) is 27.9. The fourth-order valence-corrected chi connectivity index (χ4v) is 2.16. The number of nitrogens with one attached hydrogen (secondary N) is 1. The summed E-state index contributed by atoms with van der Waals surface area (Å²) in [6.07, 6.45) is 1.43. The lowest BCUT2D eigenvalue weighted by atomic mass is 10.2. The topological polar surface area (TPSA) is 98.5 Å². The van der Waals surface area contributed by atoms with Crippen LogP contribution in [-0.2, 0) is 6.18 Å². The van der Waals surface area contributed by atoms with Gasteiger partial charge >= 0.3 is 6.18 Å². The van der Waals surface area contributed by atoms with E-state index in [0.29, 0.717) is 12.0 Å². The molecule has 3 rings (SSSR count). The van der Waals surface area contributed by atoms with Crippen molar-refractivity contribution in [3.8, 4) is 5.95 Å². The number of rotatable bonds is 4. The molecule has 3 aromatic rings. The van der Waals surface area contributed by atoms with E-state index < -0.39 is 23.7 Å². The van der Waals surface area contributed by atoms with Crippen LogP contribution in [0.2, 0.25) is 0 Å². The van der Waals surface area contributed by atoms with E-state index in [-0.39, 0.29) is 11.5 Å². The Balaban J connectivity index is 1.80. The van der Waals surface area contributed by atoms with Gasteiger partial charge in [-0.25, -0.2) is 15.0 Å². The van der Waals surface area contributed by atoms with Crippen LogP contribution in [0.1, 0.15) is 34.7 Å². The van der Waals surface area contributed by atoms with Gasteiger partial charge in [-0.15, -0.1) is 0 Å². The summed E-state index contributed by atoms with van der Waals surface area (Å²) >= 11 is 0. The lowest BCUT2D eigenvalue weighted by Crippen LogP contribution is -2.29. The van der Waals surface area contributed by atoms with Gasteiger partial charge in [0.1, 0.15) is 6.33 Å². The molecule has 3 aromatic heterocycles. The zero-order valence-electron chi connectivity index (χ0n) is 13.3. The molecule has 1 atom stereocenters. The molecule has 8 nitrogen and oxygen atoms in total. The maximum absolute atomic E-state index is 12.8. The minimum Gasteiger partial charge on any atom is -0.342 e. The highest BCUT2D eigenvalue weighted by Gasteiger charge is 2.31. The van der Waals surface area contributed by atoms with Crippen LogP contribution in [0.3, 0.4) is 0 Å². The van der Waals surface area contributed by atoms with E-state index in [0.717, 1.165) is 12.3 Å². The minimum atomic E-state index is -4.58. The Kier molecular flexibility index (Phi) is 4.61. The van der Waals surface area contributed by atoms with Crippen molar-refractivity contribution in [2.24, 2.45) is 0 Å². The van der Waals surface area contributed by atoms with Crippen LogP contribution in [0, 0.1) is 0 Å². The molecule has 1 amide bonds. The number of carbonyl (C=O) groups is 1. The van der Waals surface area contributed by atoms with Gasteiger partial charge in [0, 0.05) is 24.8 Å². The maximum Gasteiger partial charge on any atom is 0.417 e. The van der Waals surface area contributed by atoms with Crippen molar-refractivity contribution in [1.82, 2.24) is 35.0 Å². The molecule has 26 heavy (non-hydrogen) atoms. The molecule has 0 saturated carbocycles. The zero-order chi connectivity index (χ0) is 18.7. The summed E-state index contributed by atoms with van der Waals surface area (Å²) in [6.45, 7) is 1.61. The zero-order valence-corrected chi connectivity index (χ0v) is 13.3. The molecule has 0 spiro atoms. The van der Waals surface area contributed by atoms with E-state index in [4.69, 9.17) is 0 Å². The first-order valence-corrected chi connectivity index (χ1v) is 7.36. The molecule has 0 bridgehead atoms. The predicted molar refractivity (Wildman–Crippen MR) is 82.1 cm³/mol. The van der Waals surface area contributed by atoms with E-state index in [1.165, 1.54) is 23.4 Å². The van der Waals surface area contributed by atoms with Gasteiger partial charge in [-0.3, -0.25) is 9.78 Å². The van der Waals surface area contributed by atoms with Crippen LogP contribution in [0.4, 0.5) is 13.2 Å². The SMILES string of the molecule is CC(NC(=O)c1cncc(C(F)(F)F)c1)c1ncnn1-c1ncccn1. The molecule has 0 radical (unpaired) electrons. The van der Waals surface area contributed by atoms with Gasteiger partial charge in [-0.05, 0) is 19.1 Å². The fourth-order valence-electron chi connectivity index (χ4n) is 2.16. The number of amides is 1. The average Bonchev–Trinajstić information content (AvgIpc) is 3.12. The van der Waals surface area contributed by atoms with Crippen molar-refractivity contribution < 1.29 is 18.0 Å². The van der Waals surface area contributed by atoms with Gasteiger partial charge in [0.15, 0.2) is 5.82 Å². The van der Waals surface area contributed by atoms with Crippen molar-refractivity contribution in [2.75, 3.05) is 0 Å². The molecule has 0 aliphatic carbocycles. The van der Waals surface area contributed by atoms with Crippen molar-refractivity contribution >= 4 is 5.91 Å². The Morgan fingerprint density at radius 2 is 1.92 bits per heavy atom. The lowest BCUT2D eigenvalue weighted by molar-refractivity contribution is -0.137. The predicted octanol–water partition coefficient (Wildman–Crippen LogP) is 1.96. The van der Waals surface area contributed by atoms with Gasteiger partial charge in [-0.1, -0.05) is 0 Å². The summed E-state index contributed by atoms with van der Waals surface area (Å²) in [5.41, 5.74) is -1.22. The first-order chi connectivity index (χ1) is 12.4. The average molecular weight is 363 g/mol. The van der Waals surface area contributed by atoms with Gasteiger partial charge in [0.25, 0.3) is 11.9 Å². The normalized spacial score (nSPS) is 12.6. The number of carbonyl (C=O) groups excluding carboxylic acids is 1. The third kappa shape index (κ3) is 3.66. The monoisotopic (exact) mass is 363 g/mol. The minimum absolute atomic E-state index is 0.214. The van der Waals surface area contributed by atoms with Crippen molar-refractivity contribution in [2.45, 2.75) is 19.1 Å². The molecule has 0 aliphatic rings. The van der Waals surface area contributed by atoms with E-state index in [1.54, 1.807) is 13.0 Å². The first-order valence-electron chi connectivity index (χ1n) is 7.36. The number of alkyl halides is 3. The molecule has 1 unspecified atom stereocenters. The largest absolute Gasteiger partial charge is 0.417 e. The highest BCUT2D eigenvalue weighted by Crippen LogP contribution is 2.29. The maximum atomic E-state index is 12.8. The van der Waals surface area contributed by atoms with E-state index in [1.807, 2.05) is 0 Å². The third-order valence-corrected chi connectivity index (χ3v) is 3.38. The van der Waals surface area contributed by atoms with Crippen LogP contribution in [0.25, 0.3) is 5.95 Å². The molecular formula is C15H12F3N7O. The van der Waals surface area contributed by atoms with Crippen molar-refractivity contribution in [3.63, 3.8) is 0 Å². The number of aromatic nitrogens is 6. The van der Waals surface area contributed by atoms with Crippen molar-refractivity contribution in [3.05, 3.63) is 60.2 Å². The number of nitrogens with zero attached hydrogens (tertiary/aromatic N) is 6. The second-order valence-electron chi connectivity index (χ2n) is 5.23. The summed E-state index contributed by atoms with van der Waals surface area (Å²) in [6, 6.07) is 1.70. The molecule has 1 N–H and O–H groups in total. The van der Waals surface area contributed by atoms with E-state index >= 15 is 0 Å². The van der Waals surface area contributed by atoms with Gasteiger partial charge in [0.2, 0.25) is 0 Å². The van der Waals surface area contributed by atoms with Gasteiger partial charge < -0.3 is 5.32 Å². The van der Waals surface area contributed by atoms with Crippen molar-refractivity contribution in [1.29, 1.82) is 0 Å². The molecular weight excluding hydrogens is 351 g/mol. The Morgan fingerprint density at radius 3 is 2.62 bits per heavy atom. The summed E-state index contributed by atoms with van der Waals surface area (Å²) < 4.78 is 39.6. The second kappa shape index (κ2) is 6.86. The molecule has 134 valence electrons. The van der Waals surface area contributed by atoms with E-state index in [9.17, 15) is 18.0 Å². The Bertz CT molecular complexity index is 911. The van der Waals surface area contributed by atoms with Gasteiger partial charge in [0.05, 0.1) is 17.2 Å². The third-order valence-electron chi connectivity index (χ3n) is 3.38. The van der Waals surface area contributed by atoms with Crippen LogP contribution in [-0.4, -0.2) is 35.6 Å². The summed E-state index contributed by atoms with van der Waals surface area (Å²) in [5.74, 6) is -0.147. The summed E-state index contributed by atoms with van der Waals surface area (Å²) in [7, 11) is 0. The molecule has 0 fully saturated rings. The molecule has 0 saturated heterocycles. The van der Waals surface area contributed by atoms with Gasteiger partial charge in [-0.2, -0.15) is 23.0 Å². The van der Waals surface area contributed by atoms with Crippen LogP contribution in [0.15, 0.2) is 43.2 Å². The van der Waals surface area contributed by atoms with Crippen LogP contribution in [0.5, 0.6) is 0 Å². The first kappa shape index (κ1) is 17.5. The Hall–Kier alpha value is -3.37. The smallest absolute Gasteiger partial charge is 0.342 e. The quantitative estimate of drug-likeness (QED) is 0.761. The second-order valence-corrected chi connectivity index (χ2v) is 5.23. The molecule has 3 heterocycles. The number of pyridine rings is 1. The van der Waals surface area contributed by atoms with Crippen LogP contribution < -0.4 is 5.32 Å². The molecule has 0 aliphatic heterocycles. The van der Waals surface area contributed by atoms with Crippen LogP contribution >= 0.6 is 0 Å². The lowest BCUT2D eigenvalue weighted by Gasteiger charge is -2.14. The number of hydrogen-bond acceptors (Lipinski definition) is 6. The standard InChI is InChI=1S/C15H12F3N7O/c1-9(12-22-8-23-25(12)14-20-3-2-4-21-14)24-13(26)10-5-11(7-19-6-10)15(16,17)18/h2-9H,1H3,(H,24,26). The Morgan fingerprint density at radius 1 is 1.19 bits per heavy atom.